The number of amidine groups is 1. The number of rotatable bonds is 5. The SMILES string of the molecule is C=C(C)NC(=N/C)/C(=N\C)c1nc2ccccc2n1Cc1ccccn1. The summed E-state index contributed by atoms with van der Waals surface area (Å²) in [6.07, 6.45) is 1.80. The normalized spacial score (nSPS) is 12.4. The summed E-state index contributed by atoms with van der Waals surface area (Å²) in [5, 5.41) is 3.17. The number of benzene rings is 1. The van der Waals surface area contributed by atoms with Crippen LogP contribution in [-0.2, 0) is 6.54 Å². The van der Waals surface area contributed by atoms with Gasteiger partial charge in [0.2, 0.25) is 0 Å². The van der Waals surface area contributed by atoms with Crippen molar-refractivity contribution in [2.75, 3.05) is 14.1 Å². The largest absolute Gasteiger partial charge is 0.343 e. The van der Waals surface area contributed by atoms with E-state index in [1.807, 2.05) is 43.3 Å². The van der Waals surface area contributed by atoms with Crippen molar-refractivity contribution >= 4 is 22.6 Å². The van der Waals surface area contributed by atoms with Gasteiger partial charge in [0.15, 0.2) is 11.7 Å². The molecule has 2 aromatic heterocycles. The molecular weight excluding hydrogens is 324 g/mol. The number of hydrogen-bond acceptors (Lipinski definition) is 4. The molecule has 0 amide bonds. The molecule has 3 rings (SSSR count). The number of aromatic nitrogens is 3. The third-order valence-electron chi connectivity index (χ3n) is 3.92. The Hall–Kier alpha value is -3.28. The van der Waals surface area contributed by atoms with Gasteiger partial charge in [0.1, 0.15) is 5.71 Å². The van der Waals surface area contributed by atoms with Crippen LogP contribution in [-0.4, -0.2) is 40.2 Å². The fraction of sp³-hybridized carbons (Fsp3) is 0.200. The number of hydrogen-bond donors (Lipinski definition) is 1. The third-order valence-corrected chi connectivity index (χ3v) is 3.92. The van der Waals surface area contributed by atoms with Crippen LogP contribution in [0.1, 0.15) is 18.4 Å². The van der Waals surface area contributed by atoms with Crippen LogP contribution < -0.4 is 5.32 Å². The van der Waals surface area contributed by atoms with Crippen molar-refractivity contribution in [2.45, 2.75) is 13.5 Å². The minimum atomic E-state index is 0.597. The molecule has 1 aromatic carbocycles. The standard InChI is InChI=1S/C20H22N6/c1-14(2)24-19(22-4)18(21-3)20-25-16-10-5-6-11-17(16)26(20)13-15-9-7-8-12-23-15/h5-12H,1,13H2,2-4H3,(H,22,24)/b21-18+. The Morgan fingerprint density at radius 3 is 2.54 bits per heavy atom. The summed E-state index contributed by atoms with van der Waals surface area (Å²) in [6, 6.07) is 13.9. The first kappa shape index (κ1) is 17.5. The van der Waals surface area contributed by atoms with Gasteiger partial charge in [0.05, 0.1) is 23.3 Å². The molecule has 0 saturated carbocycles. The van der Waals surface area contributed by atoms with Crippen molar-refractivity contribution in [2.24, 2.45) is 9.98 Å². The zero-order valence-corrected chi connectivity index (χ0v) is 15.3. The minimum Gasteiger partial charge on any atom is -0.343 e. The molecule has 6 nitrogen and oxygen atoms in total. The molecule has 0 aliphatic rings. The van der Waals surface area contributed by atoms with Gasteiger partial charge in [-0.2, -0.15) is 0 Å². The van der Waals surface area contributed by atoms with E-state index in [1.165, 1.54) is 0 Å². The predicted molar refractivity (Wildman–Crippen MR) is 107 cm³/mol. The summed E-state index contributed by atoms with van der Waals surface area (Å²) in [6.45, 7) is 6.38. The maximum atomic E-state index is 4.81. The van der Waals surface area contributed by atoms with Gasteiger partial charge in [-0.1, -0.05) is 24.8 Å². The lowest BCUT2D eigenvalue weighted by Gasteiger charge is -2.13. The zero-order chi connectivity index (χ0) is 18.5. The summed E-state index contributed by atoms with van der Waals surface area (Å²) in [4.78, 5) is 18.1. The highest BCUT2D eigenvalue weighted by Gasteiger charge is 2.20. The van der Waals surface area contributed by atoms with Gasteiger partial charge in [0.25, 0.3) is 0 Å². The highest BCUT2D eigenvalue weighted by Crippen LogP contribution is 2.18. The second kappa shape index (κ2) is 7.74. The molecule has 0 atom stereocenters. The Balaban J connectivity index is 2.15. The van der Waals surface area contributed by atoms with Gasteiger partial charge in [0, 0.05) is 26.0 Å². The second-order valence-electron chi connectivity index (χ2n) is 5.88. The maximum Gasteiger partial charge on any atom is 0.163 e. The number of para-hydroxylation sites is 2. The van der Waals surface area contributed by atoms with Crippen LogP contribution in [0.2, 0.25) is 0 Å². The highest BCUT2D eigenvalue weighted by atomic mass is 15.1. The van der Waals surface area contributed by atoms with Gasteiger partial charge in [-0.15, -0.1) is 0 Å². The van der Waals surface area contributed by atoms with E-state index >= 15 is 0 Å². The van der Waals surface area contributed by atoms with Crippen LogP contribution in [0.15, 0.2) is 70.9 Å². The number of fused-ring (bicyclic) bond motifs is 1. The maximum absolute atomic E-state index is 4.81. The van der Waals surface area contributed by atoms with Crippen LogP contribution >= 0.6 is 0 Å². The first-order valence-corrected chi connectivity index (χ1v) is 8.36. The van der Waals surface area contributed by atoms with E-state index in [2.05, 4.69) is 37.5 Å². The molecule has 1 N–H and O–H groups in total. The molecule has 0 radical (unpaired) electrons. The van der Waals surface area contributed by atoms with E-state index in [1.54, 1.807) is 20.3 Å². The molecule has 0 unspecified atom stereocenters. The molecule has 2 heterocycles. The Kier molecular flexibility index (Phi) is 5.22. The Labute approximate surface area is 153 Å². The molecule has 0 spiro atoms. The van der Waals surface area contributed by atoms with Gasteiger partial charge in [-0.05, 0) is 31.2 Å². The number of pyridine rings is 1. The smallest absolute Gasteiger partial charge is 0.163 e. The molecule has 0 fully saturated rings. The Bertz CT molecular complexity index is 982. The number of nitrogens with one attached hydrogen (secondary N) is 1. The van der Waals surface area contributed by atoms with Crippen LogP contribution in [0.3, 0.4) is 0 Å². The number of aliphatic imine (C=N–C) groups is 2. The monoisotopic (exact) mass is 346 g/mol. The summed E-state index contributed by atoms with van der Waals surface area (Å²) in [5.41, 5.74) is 4.36. The summed E-state index contributed by atoms with van der Waals surface area (Å²) in [7, 11) is 3.47. The topological polar surface area (TPSA) is 67.5 Å². The van der Waals surface area contributed by atoms with Crippen molar-refractivity contribution in [1.29, 1.82) is 0 Å². The van der Waals surface area contributed by atoms with Crippen molar-refractivity contribution in [3.63, 3.8) is 0 Å². The van der Waals surface area contributed by atoms with Crippen molar-refractivity contribution in [1.82, 2.24) is 19.9 Å². The molecule has 0 saturated heterocycles. The Morgan fingerprint density at radius 2 is 1.88 bits per heavy atom. The lowest BCUT2D eigenvalue weighted by molar-refractivity contribution is 0.788. The molecule has 26 heavy (non-hydrogen) atoms. The van der Waals surface area contributed by atoms with Gasteiger partial charge < -0.3 is 9.88 Å². The fourth-order valence-electron chi connectivity index (χ4n) is 2.80. The first-order valence-electron chi connectivity index (χ1n) is 8.36. The van der Waals surface area contributed by atoms with Gasteiger partial charge >= 0.3 is 0 Å². The molecule has 6 heteroatoms. The molecule has 0 aliphatic carbocycles. The first-order chi connectivity index (χ1) is 12.6. The molecule has 0 bridgehead atoms. The second-order valence-corrected chi connectivity index (χ2v) is 5.88. The molecular formula is C20H22N6. The quantitative estimate of drug-likeness (QED) is 0.570. The fourth-order valence-corrected chi connectivity index (χ4v) is 2.80. The van der Waals surface area contributed by atoms with Crippen LogP contribution in [0.5, 0.6) is 0 Å². The zero-order valence-electron chi connectivity index (χ0n) is 15.3. The lowest BCUT2D eigenvalue weighted by atomic mass is 10.2. The van der Waals surface area contributed by atoms with Crippen LogP contribution in [0.4, 0.5) is 0 Å². The Morgan fingerprint density at radius 1 is 1.12 bits per heavy atom. The summed E-state index contributed by atoms with van der Waals surface area (Å²) in [5.74, 6) is 1.38. The third kappa shape index (κ3) is 3.54. The van der Waals surface area contributed by atoms with Crippen LogP contribution in [0, 0.1) is 0 Å². The van der Waals surface area contributed by atoms with E-state index in [4.69, 9.17) is 4.98 Å². The van der Waals surface area contributed by atoms with Crippen molar-refractivity contribution < 1.29 is 0 Å². The van der Waals surface area contributed by atoms with Crippen LogP contribution in [0.25, 0.3) is 11.0 Å². The number of allylic oxidation sites excluding steroid dienone is 1. The predicted octanol–water partition coefficient (Wildman–Crippen LogP) is 3.05. The molecule has 132 valence electrons. The summed E-state index contributed by atoms with van der Waals surface area (Å²) < 4.78 is 2.12. The lowest BCUT2D eigenvalue weighted by Crippen LogP contribution is -2.32. The number of nitrogens with zero attached hydrogens (tertiary/aromatic N) is 5. The van der Waals surface area contributed by atoms with Gasteiger partial charge in [-0.3, -0.25) is 15.0 Å². The van der Waals surface area contributed by atoms with E-state index in [9.17, 15) is 0 Å². The molecule has 0 aliphatic heterocycles. The minimum absolute atomic E-state index is 0.597. The molecule has 3 aromatic rings. The number of imidazole rings is 1. The van der Waals surface area contributed by atoms with Gasteiger partial charge in [-0.25, -0.2) is 4.98 Å². The van der Waals surface area contributed by atoms with E-state index in [-0.39, 0.29) is 0 Å². The van der Waals surface area contributed by atoms with E-state index < -0.39 is 0 Å². The van der Waals surface area contributed by atoms with Crippen molar-refractivity contribution in [3.05, 3.63) is 72.5 Å². The average molecular weight is 346 g/mol. The summed E-state index contributed by atoms with van der Waals surface area (Å²) >= 11 is 0. The van der Waals surface area contributed by atoms with Crippen molar-refractivity contribution in [3.8, 4) is 0 Å². The average Bonchev–Trinajstić information content (AvgIpc) is 3.00. The van der Waals surface area contributed by atoms with E-state index in [0.29, 0.717) is 18.1 Å². The highest BCUT2D eigenvalue weighted by molar-refractivity contribution is 6.47. The van der Waals surface area contributed by atoms with E-state index in [0.717, 1.165) is 28.2 Å².